The smallest absolute Gasteiger partial charge is 0.255 e. The number of rotatable bonds is 7. The van der Waals surface area contributed by atoms with Crippen molar-refractivity contribution < 1.29 is 4.79 Å². The maximum Gasteiger partial charge on any atom is 0.255 e. The van der Waals surface area contributed by atoms with Crippen LogP contribution in [0.25, 0.3) is 0 Å². The highest BCUT2D eigenvalue weighted by atomic mass is 16.2. The number of carbonyl (C=O) groups is 1. The summed E-state index contributed by atoms with van der Waals surface area (Å²) in [7, 11) is 1.89. The Morgan fingerprint density at radius 3 is 2.65 bits per heavy atom. The van der Waals surface area contributed by atoms with E-state index in [0.717, 1.165) is 42.7 Å². The molecule has 1 aromatic rings. The first-order chi connectivity index (χ1) is 9.45. The number of hydrogen-bond donors (Lipinski definition) is 1. The Morgan fingerprint density at radius 1 is 1.35 bits per heavy atom. The van der Waals surface area contributed by atoms with Gasteiger partial charge in [-0.1, -0.05) is 32.4 Å². The van der Waals surface area contributed by atoms with Crippen LogP contribution in [0, 0.1) is 12.8 Å². The molecule has 0 aromatic heterocycles. The summed E-state index contributed by atoms with van der Waals surface area (Å²) in [6.07, 6.45) is 2.08. The minimum Gasteiger partial charge on any atom is -0.384 e. The van der Waals surface area contributed by atoms with Crippen LogP contribution in [0.4, 0.5) is 5.69 Å². The van der Waals surface area contributed by atoms with Crippen LogP contribution in [0.3, 0.4) is 0 Å². The third-order valence-electron chi connectivity index (χ3n) is 3.36. The van der Waals surface area contributed by atoms with Crippen LogP contribution in [0.5, 0.6) is 0 Å². The number of benzene rings is 1. The summed E-state index contributed by atoms with van der Waals surface area (Å²) in [5.74, 6) is 0.716. The minimum atomic E-state index is 0.105. The Labute approximate surface area is 123 Å². The second-order valence-corrected chi connectivity index (χ2v) is 5.89. The molecule has 1 amide bonds. The monoisotopic (exact) mass is 276 g/mol. The van der Waals surface area contributed by atoms with Gasteiger partial charge in [0.05, 0.1) is 5.56 Å². The van der Waals surface area contributed by atoms with Crippen molar-refractivity contribution in [2.45, 2.75) is 40.5 Å². The normalized spacial score (nSPS) is 10.7. The van der Waals surface area contributed by atoms with Crippen molar-refractivity contribution in [3.05, 3.63) is 29.3 Å². The van der Waals surface area contributed by atoms with Gasteiger partial charge in [-0.25, -0.2) is 0 Å². The summed E-state index contributed by atoms with van der Waals surface area (Å²) < 4.78 is 0. The molecule has 0 saturated carbocycles. The van der Waals surface area contributed by atoms with Crippen LogP contribution < -0.4 is 5.32 Å². The van der Waals surface area contributed by atoms with Crippen molar-refractivity contribution in [2.24, 2.45) is 5.92 Å². The molecule has 3 heteroatoms. The average Bonchev–Trinajstić information content (AvgIpc) is 2.42. The molecule has 1 aromatic carbocycles. The maximum absolute atomic E-state index is 12.6. The van der Waals surface area contributed by atoms with Gasteiger partial charge in [0, 0.05) is 25.8 Å². The van der Waals surface area contributed by atoms with E-state index in [0.29, 0.717) is 5.92 Å². The number of nitrogens with zero attached hydrogens (tertiary/aromatic N) is 1. The first-order valence-electron chi connectivity index (χ1n) is 7.55. The van der Waals surface area contributed by atoms with Crippen molar-refractivity contribution in [1.29, 1.82) is 0 Å². The Kier molecular flexibility index (Phi) is 6.56. The Morgan fingerprint density at radius 2 is 2.05 bits per heavy atom. The van der Waals surface area contributed by atoms with E-state index < -0.39 is 0 Å². The van der Waals surface area contributed by atoms with Crippen molar-refractivity contribution in [2.75, 3.05) is 25.5 Å². The molecule has 20 heavy (non-hydrogen) atoms. The standard InChI is InChI=1S/C17H28N2O/c1-6-10-18-16-8-7-14(4)12-15(16)17(20)19(5)11-9-13(2)3/h7-8,12-13,18H,6,9-11H2,1-5H3. The minimum absolute atomic E-state index is 0.105. The molecule has 0 aliphatic carbocycles. The molecule has 0 spiro atoms. The second kappa shape index (κ2) is 7.93. The predicted octanol–water partition coefficient (Wildman–Crippen LogP) is 3.94. The number of carbonyl (C=O) groups excluding carboxylic acids is 1. The summed E-state index contributed by atoms with van der Waals surface area (Å²) in [6, 6.07) is 6.03. The number of nitrogens with one attached hydrogen (secondary N) is 1. The largest absolute Gasteiger partial charge is 0.384 e. The van der Waals surface area contributed by atoms with Crippen LogP contribution in [0.15, 0.2) is 18.2 Å². The molecule has 3 nitrogen and oxygen atoms in total. The molecule has 0 heterocycles. The molecule has 0 radical (unpaired) electrons. The fraction of sp³-hybridized carbons (Fsp3) is 0.588. The Balaban J connectivity index is 2.86. The van der Waals surface area contributed by atoms with Crippen molar-refractivity contribution in [3.63, 3.8) is 0 Å². The van der Waals surface area contributed by atoms with Crippen molar-refractivity contribution in [3.8, 4) is 0 Å². The molecule has 0 bridgehead atoms. The van der Waals surface area contributed by atoms with E-state index in [1.807, 2.05) is 37.1 Å². The van der Waals surface area contributed by atoms with Gasteiger partial charge in [-0.05, 0) is 37.8 Å². The van der Waals surface area contributed by atoms with Crippen molar-refractivity contribution in [1.82, 2.24) is 4.90 Å². The SMILES string of the molecule is CCCNc1ccc(C)cc1C(=O)N(C)CCC(C)C. The van der Waals surface area contributed by atoms with E-state index >= 15 is 0 Å². The zero-order valence-corrected chi connectivity index (χ0v) is 13.5. The molecule has 0 atom stereocenters. The summed E-state index contributed by atoms with van der Waals surface area (Å²) >= 11 is 0. The van der Waals surface area contributed by atoms with E-state index in [2.05, 4.69) is 26.1 Å². The first-order valence-corrected chi connectivity index (χ1v) is 7.55. The van der Waals surface area contributed by atoms with Crippen LogP contribution in [-0.2, 0) is 0 Å². The topological polar surface area (TPSA) is 32.3 Å². The summed E-state index contributed by atoms with van der Waals surface area (Å²) in [5, 5.41) is 3.34. The van der Waals surface area contributed by atoms with Gasteiger partial charge in [-0.2, -0.15) is 0 Å². The number of aryl methyl sites for hydroxylation is 1. The third-order valence-corrected chi connectivity index (χ3v) is 3.36. The highest BCUT2D eigenvalue weighted by molar-refractivity contribution is 5.99. The van der Waals surface area contributed by atoms with Gasteiger partial charge in [0.2, 0.25) is 0 Å². The zero-order valence-electron chi connectivity index (χ0n) is 13.5. The number of hydrogen-bond acceptors (Lipinski definition) is 2. The fourth-order valence-electron chi connectivity index (χ4n) is 2.01. The van der Waals surface area contributed by atoms with Crippen LogP contribution in [0.1, 0.15) is 49.5 Å². The lowest BCUT2D eigenvalue weighted by Crippen LogP contribution is -2.29. The molecule has 112 valence electrons. The molecule has 1 N–H and O–H groups in total. The van der Waals surface area contributed by atoms with Gasteiger partial charge in [-0.3, -0.25) is 4.79 Å². The molecule has 0 fully saturated rings. The zero-order chi connectivity index (χ0) is 15.1. The number of anilines is 1. The molecule has 1 rings (SSSR count). The lowest BCUT2D eigenvalue weighted by molar-refractivity contribution is 0.0790. The van der Waals surface area contributed by atoms with Crippen molar-refractivity contribution >= 4 is 11.6 Å². The van der Waals surface area contributed by atoms with E-state index in [4.69, 9.17) is 0 Å². The van der Waals surface area contributed by atoms with E-state index in [1.165, 1.54) is 0 Å². The van der Waals surface area contributed by atoms with Gasteiger partial charge < -0.3 is 10.2 Å². The highest BCUT2D eigenvalue weighted by Gasteiger charge is 2.16. The van der Waals surface area contributed by atoms with E-state index in [1.54, 1.807) is 0 Å². The predicted molar refractivity (Wildman–Crippen MR) is 86.4 cm³/mol. The van der Waals surface area contributed by atoms with Gasteiger partial charge in [0.1, 0.15) is 0 Å². The molecule has 0 saturated heterocycles. The maximum atomic E-state index is 12.6. The summed E-state index contributed by atoms with van der Waals surface area (Å²) in [4.78, 5) is 14.4. The summed E-state index contributed by atoms with van der Waals surface area (Å²) in [5.41, 5.74) is 2.84. The quantitative estimate of drug-likeness (QED) is 0.818. The second-order valence-electron chi connectivity index (χ2n) is 5.89. The van der Waals surface area contributed by atoms with Crippen LogP contribution in [-0.4, -0.2) is 30.9 Å². The molecular formula is C17H28N2O. The Hall–Kier alpha value is -1.51. The van der Waals surface area contributed by atoms with E-state index in [-0.39, 0.29) is 5.91 Å². The summed E-state index contributed by atoms with van der Waals surface area (Å²) in [6.45, 7) is 10.2. The molecule has 0 aliphatic rings. The average molecular weight is 276 g/mol. The molecular weight excluding hydrogens is 248 g/mol. The van der Waals surface area contributed by atoms with Crippen LogP contribution in [0.2, 0.25) is 0 Å². The number of amides is 1. The molecule has 0 aliphatic heterocycles. The highest BCUT2D eigenvalue weighted by Crippen LogP contribution is 2.19. The van der Waals surface area contributed by atoms with Gasteiger partial charge in [0.25, 0.3) is 5.91 Å². The Bertz CT molecular complexity index is 441. The lowest BCUT2D eigenvalue weighted by atomic mass is 10.1. The first kappa shape index (κ1) is 16.5. The van der Waals surface area contributed by atoms with E-state index in [9.17, 15) is 4.79 Å². The van der Waals surface area contributed by atoms with Crippen LogP contribution >= 0.6 is 0 Å². The third kappa shape index (κ3) is 4.87. The van der Waals surface area contributed by atoms with Gasteiger partial charge in [0.15, 0.2) is 0 Å². The lowest BCUT2D eigenvalue weighted by Gasteiger charge is -2.21. The molecule has 0 unspecified atom stereocenters. The van der Waals surface area contributed by atoms with Gasteiger partial charge >= 0.3 is 0 Å². The fourth-order valence-corrected chi connectivity index (χ4v) is 2.01. The van der Waals surface area contributed by atoms with Gasteiger partial charge in [-0.15, -0.1) is 0 Å².